The van der Waals surface area contributed by atoms with E-state index in [0.717, 1.165) is 37.7 Å². The van der Waals surface area contributed by atoms with Gasteiger partial charge in [0.15, 0.2) is 0 Å². The van der Waals surface area contributed by atoms with Gasteiger partial charge in [0.2, 0.25) is 5.91 Å². The molecule has 1 aromatic carbocycles. The number of hydrogen-bond acceptors (Lipinski definition) is 2. The summed E-state index contributed by atoms with van der Waals surface area (Å²) in [4.78, 5) is 13.1. The molecule has 1 amide bonds. The maximum atomic E-state index is 13.1. The first kappa shape index (κ1) is 15.5. The molecule has 0 aromatic heterocycles. The van der Waals surface area contributed by atoms with E-state index in [-0.39, 0.29) is 17.9 Å². The second-order valence-corrected chi connectivity index (χ2v) is 7.93. The van der Waals surface area contributed by atoms with Gasteiger partial charge in [-0.05, 0) is 37.2 Å². The number of aliphatic hydroxyl groups is 1. The molecule has 3 rings (SSSR count). The maximum absolute atomic E-state index is 13.1. The van der Waals surface area contributed by atoms with Gasteiger partial charge in [-0.25, -0.2) is 0 Å². The standard InChI is InChI=1S/C19H27NO2/c1-14-6-8-15(9-7-14)19(12-17(19,2)3)16(22)20-18(13-21)10-4-5-11-18/h6-9,21H,4-5,10-13H2,1-3H3,(H,20,22)/t19-/m0/s1. The normalized spacial score (nSPS) is 28.4. The molecule has 120 valence electrons. The quantitative estimate of drug-likeness (QED) is 0.898. The molecule has 3 nitrogen and oxygen atoms in total. The van der Waals surface area contributed by atoms with Crippen molar-refractivity contribution in [3.05, 3.63) is 35.4 Å². The first-order valence-corrected chi connectivity index (χ1v) is 8.36. The van der Waals surface area contributed by atoms with Crippen molar-refractivity contribution in [2.24, 2.45) is 5.41 Å². The van der Waals surface area contributed by atoms with Crippen LogP contribution in [0.15, 0.2) is 24.3 Å². The summed E-state index contributed by atoms with van der Waals surface area (Å²) in [5.74, 6) is 0.0947. The second kappa shape index (κ2) is 5.09. The predicted octanol–water partition coefficient (Wildman–Crippen LogP) is 3.08. The summed E-state index contributed by atoms with van der Waals surface area (Å²) in [5, 5.41) is 13.0. The molecule has 2 N–H and O–H groups in total. The van der Waals surface area contributed by atoms with Crippen LogP contribution in [-0.4, -0.2) is 23.2 Å². The fraction of sp³-hybridized carbons (Fsp3) is 0.632. The first-order chi connectivity index (χ1) is 10.4. The molecular weight excluding hydrogens is 274 g/mol. The van der Waals surface area contributed by atoms with Crippen LogP contribution in [0.25, 0.3) is 0 Å². The molecule has 22 heavy (non-hydrogen) atoms. The average Bonchev–Trinajstić information content (AvgIpc) is 2.84. The monoisotopic (exact) mass is 301 g/mol. The maximum Gasteiger partial charge on any atom is 0.231 e. The van der Waals surface area contributed by atoms with Gasteiger partial charge in [0.05, 0.1) is 17.6 Å². The van der Waals surface area contributed by atoms with Gasteiger partial charge in [0.25, 0.3) is 0 Å². The predicted molar refractivity (Wildman–Crippen MR) is 87.7 cm³/mol. The summed E-state index contributed by atoms with van der Waals surface area (Å²) < 4.78 is 0. The Morgan fingerprint density at radius 1 is 1.18 bits per heavy atom. The number of hydrogen-bond donors (Lipinski definition) is 2. The zero-order valence-electron chi connectivity index (χ0n) is 13.9. The Balaban J connectivity index is 1.89. The van der Waals surface area contributed by atoms with Crippen LogP contribution in [0.1, 0.15) is 57.1 Å². The lowest BCUT2D eigenvalue weighted by Crippen LogP contribution is -2.53. The van der Waals surface area contributed by atoms with Crippen molar-refractivity contribution < 1.29 is 9.90 Å². The number of nitrogens with one attached hydrogen (secondary N) is 1. The van der Waals surface area contributed by atoms with E-state index in [1.54, 1.807) is 0 Å². The number of carbonyl (C=O) groups excluding carboxylic acids is 1. The van der Waals surface area contributed by atoms with Crippen LogP contribution < -0.4 is 5.32 Å². The van der Waals surface area contributed by atoms with Crippen molar-refractivity contribution in [2.45, 2.75) is 63.8 Å². The van der Waals surface area contributed by atoms with Gasteiger partial charge in [-0.2, -0.15) is 0 Å². The number of rotatable bonds is 4. The molecule has 3 heteroatoms. The summed E-state index contributed by atoms with van der Waals surface area (Å²) in [6, 6.07) is 8.33. The second-order valence-electron chi connectivity index (χ2n) is 7.93. The van der Waals surface area contributed by atoms with Gasteiger partial charge in [-0.1, -0.05) is 56.5 Å². The zero-order valence-corrected chi connectivity index (χ0v) is 13.9. The summed E-state index contributed by atoms with van der Waals surface area (Å²) in [6.07, 6.45) is 4.82. The number of benzene rings is 1. The van der Waals surface area contributed by atoms with Gasteiger partial charge >= 0.3 is 0 Å². The lowest BCUT2D eigenvalue weighted by molar-refractivity contribution is -0.127. The molecule has 0 heterocycles. The van der Waals surface area contributed by atoms with E-state index in [4.69, 9.17) is 0 Å². The molecule has 2 aliphatic rings. The van der Waals surface area contributed by atoms with Crippen LogP contribution in [0.5, 0.6) is 0 Å². The topological polar surface area (TPSA) is 49.3 Å². The van der Waals surface area contributed by atoms with Crippen LogP contribution in [0.4, 0.5) is 0 Å². The largest absolute Gasteiger partial charge is 0.394 e. The molecule has 0 saturated heterocycles. The summed E-state index contributed by atoms with van der Waals surface area (Å²) >= 11 is 0. The van der Waals surface area contributed by atoms with Gasteiger partial charge in [-0.15, -0.1) is 0 Å². The third-order valence-electron chi connectivity index (χ3n) is 5.91. The highest BCUT2D eigenvalue weighted by atomic mass is 16.3. The van der Waals surface area contributed by atoms with Crippen molar-refractivity contribution in [3.8, 4) is 0 Å². The van der Waals surface area contributed by atoms with Crippen molar-refractivity contribution in [2.75, 3.05) is 6.61 Å². The minimum absolute atomic E-state index is 0.0262. The number of aliphatic hydroxyl groups excluding tert-OH is 1. The van der Waals surface area contributed by atoms with Gasteiger partial charge in [0, 0.05) is 0 Å². The zero-order chi connectivity index (χ0) is 16.0. The molecular formula is C19H27NO2. The summed E-state index contributed by atoms with van der Waals surface area (Å²) in [5.41, 5.74) is 1.45. The van der Waals surface area contributed by atoms with Gasteiger partial charge in [0.1, 0.15) is 0 Å². The van der Waals surface area contributed by atoms with Gasteiger partial charge in [-0.3, -0.25) is 4.79 Å². The first-order valence-electron chi connectivity index (χ1n) is 8.36. The smallest absolute Gasteiger partial charge is 0.231 e. The highest BCUT2D eigenvalue weighted by Gasteiger charge is 2.67. The molecule has 0 unspecified atom stereocenters. The molecule has 0 spiro atoms. The number of amides is 1. The van der Waals surface area contributed by atoms with Crippen LogP contribution in [0, 0.1) is 12.3 Å². The highest BCUT2D eigenvalue weighted by molar-refractivity contribution is 5.93. The Labute approximate surface area is 133 Å². The fourth-order valence-corrected chi connectivity index (χ4v) is 4.19. The molecule has 0 aliphatic heterocycles. The van der Waals surface area contributed by atoms with E-state index < -0.39 is 11.0 Å². The summed E-state index contributed by atoms with van der Waals surface area (Å²) in [6.45, 7) is 6.43. The van der Waals surface area contributed by atoms with E-state index in [0.29, 0.717) is 0 Å². The van der Waals surface area contributed by atoms with E-state index in [1.165, 1.54) is 5.56 Å². The molecule has 0 bridgehead atoms. The molecule has 2 fully saturated rings. The van der Waals surface area contributed by atoms with E-state index >= 15 is 0 Å². The lowest BCUT2D eigenvalue weighted by Gasteiger charge is -2.32. The van der Waals surface area contributed by atoms with Crippen LogP contribution in [0.3, 0.4) is 0 Å². The third-order valence-corrected chi connectivity index (χ3v) is 5.91. The minimum atomic E-state index is -0.439. The number of aryl methyl sites for hydroxylation is 1. The Bertz CT molecular complexity index is 570. The highest BCUT2D eigenvalue weighted by Crippen LogP contribution is 2.64. The van der Waals surface area contributed by atoms with E-state index in [1.807, 2.05) is 0 Å². The van der Waals surface area contributed by atoms with Crippen molar-refractivity contribution in [1.29, 1.82) is 0 Å². The number of carbonyl (C=O) groups is 1. The molecule has 0 radical (unpaired) electrons. The fourth-order valence-electron chi connectivity index (χ4n) is 4.19. The van der Waals surface area contributed by atoms with E-state index in [9.17, 15) is 9.90 Å². The average molecular weight is 301 g/mol. The van der Waals surface area contributed by atoms with Crippen LogP contribution in [-0.2, 0) is 10.2 Å². The SMILES string of the molecule is Cc1ccc([C@]2(C(=O)NC3(CO)CCCC3)CC2(C)C)cc1. The van der Waals surface area contributed by atoms with Crippen molar-refractivity contribution in [1.82, 2.24) is 5.32 Å². The third kappa shape index (κ3) is 2.26. The summed E-state index contributed by atoms with van der Waals surface area (Å²) in [7, 11) is 0. The Morgan fingerprint density at radius 3 is 2.18 bits per heavy atom. The molecule has 1 atom stereocenters. The van der Waals surface area contributed by atoms with Crippen molar-refractivity contribution >= 4 is 5.91 Å². The molecule has 2 aliphatic carbocycles. The van der Waals surface area contributed by atoms with Crippen LogP contribution in [0.2, 0.25) is 0 Å². The van der Waals surface area contributed by atoms with Crippen LogP contribution >= 0.6 is 0 Å². The Kier molecular flexibility index (Phi) is 3.59. The molecule has 2 saturated carbocycles. The Hall–Kier alpha value is -1.35. The van der Waals surface area contributed by atoms with E-state index in [2.05, 4.69) is 50.4 Å². The van der Waals surface area contributed by atoms with Crippen molar-refractivity contribution in [3.63, 3.8) is 0 Å². The Morgan fingerprint density at radius 2 is 1.73 bits per heavy atom. The minimum Gasteiger partial charge on any atom is -0.394 e. The lowest BCUT2D eigenvalue weighted by atomic mass is 9.85. The molecule has 1 aromatic rings. The van der Waals surface area contributed by atoms with Gasteiger partial charge < -0.3 is 10.4 Å².